The number of nitrogens with zero attached hydrogens (tertiary/aromatic N) is 3. The van der Waals surface area contributed by atoms with Crippen molar-refractivity contribution < 1.29 is 5.11 Å². The summed E-state index contributed by atoms with van der Waals surface area (Å²) in [6, 6.07) is 8.25. The van der Waals surface area contributed by atoms with Crippen molar-refractivity contribution in [2.24, 2.45) is 7.05 Å². The van der Waals surface area contributed by atoms with Gasteiger partial charge in [0, 0.05) is 30.3 Å². The molecule has 2 heterocycles. The van der Waals surface area contributed by atoms with Crippen LogP contribution in [-0.4, -0.2) is 26.5 Å². The molecule has 0 radical (unpaired) electrons. The molecule has 3 rings (SSSR count). The Hall–Kier alpha value is -2.20. The lowest BCUT2D eigenvalue weighted by Crippen LogP contribution is -1.97. The van der Waals surface area contributed by atoms with Gasteiger partial charge in [0.25, 0.3) is 0 Å². The molecule has 4 nitrogen and oxygen atoms in total. The molecule has 108 valence electrons. The second kappa shape index (κ2) is 5.30. The van der Waals surface area contributed by atoms with Crippen LogP contribution in [0.1, 0.15) is 16.8 Å². The minimum absolute atomic E-state index is 0.135. The van der Waals surface area contributed by atoms with Crippen molar-refractivity contribution in [2.45, 2.75) is 20.3 Å². The SMILES string of the molecule is Cc1cc(-c2cnn(C)c2C)nc2c(CCO)cccc12. The minimum atomic E-state index is 0.135. The molecule has 0 aliphatic carbocycles. The second-order valence-electron chi connectivity index (χ2n) is 5.38. The first-order chi connectivity index (χ1) is 10.1. The average Bonchev–Trinajstić information content (AvgIpc) is 2.80. The van der Waals surface area contributed by atoms with Gasteiger partial charge in [-0.3, -0.25) is 4.68 Å². The van der Waals surface area contributed by atoms with E-state index in [-0.39, 0.29) is 6.61 Å². The Bertz CT molecular complexity index is 805. The standard InChI is InChI=1S/C17H19N3O/c1-11-9-16(15-10-18-20(3)12(15)2)19-17-13(7-8-21)5-4-6-14(11)17/h4-6,9-10,21H,7-8H2,1-3H3. The number of rotatable bonds is 3. The third-order valence-corrected chi connectivity index (χ3v) is 4.02. The molecule has 0 aliphatic rings. The van der Waals surface area contributed by atoms with Crippen molar-refractivity contribution in [3.63, 3.8) is 0 Å². The van der Waals surface area contributed by atoms with Crippen LogP contribution in [-0.2, 0) is 13.5 Å². The fourth-order valence-electron chi connectivity index (χ4n) is 2.69. The molecule has 2 aromatic heterocycles. The lowest BCUT2D eigenvalue weighted by molar-refractivity contribution is 0.300. The summed E-state index contributed by atoms with van der Waals surface area (Å²) >= 11 is 0. The summed E-state index contributed by atoms with van der Waals surface area (Å²) in [5.74, 6) is 0. The van der Waals surface area contributed by atoms with Crippen LogP contribution in [0, 0.1) is 13.8 Å². The predicted molar refractivity (Wildman–Crippen MR) is 84.2 cm³/mol. The highest BCUT2D eigenvalue weighted by Gasteiger charge is 2.12. The number of para-hydroxylation sites is 1. The number of fused-ring (bicyclic) bond motifs is 1. The van der Waals surface area contributed by atoms with Gasteiger partial charge in [-0.2, -0.15) is 5.10 Å². The highest BCUT2D eigenvalue weighted by Crippen LogP contribution is 2.28. The van der Waals surface area contributed by atoms with E-state index in [2.05, 4.69) is 24.2 Å². The van der Waals surface area contributed by atoms with E-state index in [1.165, 1.54) is 5.56 Å². The summed E-state index contributed by atoms with van der Waals surface area (Å²) in [7, 11) is 1.93. The maximum absolute atomic E-state index is 9.24. The maximum Gasteiger partial charge on any atom is 0.0746 e. The number of benzene rings is 1. The molecular weight excluding hydrogens is 262 g/mol. The number of aliphatic hydroxyl groups excluding tert-OH is 1. The van der Waals surface area contributed by atoms with E-state index in [4.69, 9.17) is 4.98 Å². The molecule has 1 N–H and O–H groups in total. The fourth-order valence-corrected chi connectivity index (χ4v) is 2.69. The van der Waals surface area contributed by atoms with Crippen LogP contribution in [0.15, 0.2) is 30.5 Å². The highest BCUT2D eigenvalue weighted by molar-refractivity contribution is 5.87. The van der Waals surface area contributed by atoms with Gasteiger partial charge in [-0.25, -0.2) is 4.98 Å². The molecule has 0 aliphatic heterocycles. The highest BCUT2D eigenvalue weighted by atomic mass is 16.2. The van der Waals surface area contributed by atoms with Gasteiger partial charge in [0.2, 0.25) is 0 Å². The van der Waals surface area contributed by atoms with Gasteiger partial charge in [-0.1, -0.05) is 18.2 Å². The van der Waals surface area contributed by atoms with Crippen LogP contribution < -0.4 is 0 Å². The van der Waals surface area contributed by atoms with Crippen LogP contribution in [0.2, 0.25) is 0 Å². The monoisotopic (exact) mass is 281 g/mol. The molecule has 1 aromatic carbocycles. The number of pyridine rings is 1. The number of hydrogen-bond donors (Lipinski definition) is 1. The zero-order valence-electron chi connectivity index (χ0n) is 12.6. The predicted octanol–water partition coefficient (Wildman–Crippen LogP) is 2.79. The van der Waals surface area contributed by atoms with Crippen LogP contribution in [0.25, 0.3) is 22.2 Å². The van der Waals surface area contributed by atoms with Crippen molar-refractivity contribution in [2.75, 3.05) is 6.61 Å². The molecule has 0 amide bonds. The first-order valence-corrected chi connectivity index (χ1v) is 7.11. The number of aryl methyl sites for hydroxylation is 2. The molecule has 0 bridgehead atoms. The average molecular weight is 281 g/mol. The molecular formula is C17H19N3O. The number of aliphatic hydroxyl groups is 1. The summed E-state index contributed by atoms with van der Waals surface area (Å²) in [6.45, 7) is 4.28. The third-order valence-electron chi connectivity index (χ3n) is 4.02. The van der Waals surface area contributed by atoms with E-state index in [1.807, 2.05) is 37.0 Å². The van der Waals surface area contributed by atoms with Crippen molar-refractivity contribution in [1.29, 1.82) is 0 Å². The zero-order chi connectivity index (χ0) is 15.0. The Morgan fingerprint density at radius 3 is 2.71 bits per heavy atom. The van der Waals surface area contributed by atoms with E-state index in [1.54, 1.807) is 0 Å². The summed E-state index contributed by atoms with van der Waals surface area (Å²) in [5.41, 5.74) is 6.35. The van der Waals surface area contributed by atoms with Crippen molar-refractivity contribution >= 4 is 10.9 Å². The molecule has 0 atom stereocenters. The number of hydrogen-bond acceptors (Lipinski definition) is 3. The van der Waals surface area contributed by atoms with E-state index >= 15 is 0 Å². The summed E-state index contributed by atoms with van der Waals surface area (Å²) in [4.78, 5) is 4.83. The molecule has 0 unspecified atom stereocenters. The molecule has 0 fully saturated rings. The van der Waals surface area contributed by atoms with Gasteiger partial charge in [0.1, 0.15) is 0 Å². The van der Waals surface area contributed by atoms with Gasteiger partial charge < -0.3 is 5.11 Å². The van der Waals surface area contributed by atoms with Gasteiger partial charge in [-0.05, 0) is 37.5 Å². The molecule has 3 aromatic rings. The Morgan fingerprint density at radius 1 is 1.24 bits per heavy atom. The molecule has 4 heteroatoms. The van der Waals surface area contributed by atoms with Crippen LogP contribution in [0.3, 0.4) is 0 Å². The van der Waals surface area contributed by atoms with Gasteiger partial charge in [0.05, 0.1) is 17.4 Å². The first-order valence-electron chi connectivity index (χ1n) is 7.11. The Morgan fingerprint density at radius 2 is 2.05 bits per heavy atom. The van der Waals surface area contributed by atoms with E-state index in [0.29, 0.717) is 6.42 Å². The van der Waals surface area contributed by atoms with E-state index in [9.17, 15) is 5.11 Å². The van der Waals surface area contributed by atoms with Crippen LogP contribution >= 0.6 is 0 Å². The number of aromatic nitrogens is 3. The van der Waals surface area contributed by atoms with Gasteiger partial charge in [0.15, 0.2) is 0 Å². The lowest BCUT2D eigenvalue weighted by Gasteiger charge is -2.10. The van der Waals surface area contributed by atoms with Crippen LogP contribution in [0.5, 0.6) is 0 Å². The Balaban J connectivity index is 2.26. The molecule has 0 spiro atoms. The maximum atomic E-state index is 9.24. The Labute approximate surface area is 124 Å². The van der Waals surface area contributed by atoms with Gasteiger partial charge in [-0.15, -0.1) is 0 Å². The second-order valence-corrected chi connectivity index (χ2v) is 5.38. The zero-order valence-corrected chi connectivity index (χ0v) is 12.6. The first kappa shape index (κ1) is 13.8. The topological polar surface area (TPSA) is 50.9 Å². The molecule has 0 saturated carbocycles. The lowest BCUT2D eigenvalue weighted by atomic mass is 10.0. The Kier molecular flexibility index (Phi) is 3.47. The smallest absolute Gasteiger partial charge is 0.0746 e. The molecule has 21 heavy (non-hydrogen) atoms. The fraction of sp³-hybridized carbons (Fsp3) is 0.294. The quantitative estimate of drug-likeness (QED) is 0.803. The van der Waals surface area contributed by atoms with Crippen molar-refractivity contribution in [1.82, 2.24) is 14.8 Å². The third kappa shape index (κ3) is 2.32. The summed E-state index contributed by atoms with van der Waals surface area (Å²) in [5, 5.41) is 14.7. The summed E-state index contributed by atoms with van der Waals surface area (Å²) in [6.07, 6.45) is 2.48. The molecule has 0 saturated heterocycles. The van der Waals surface area contributed by atoms with Crippen LogP contribution in [0.4, 0.5) is 0 Å². The normalized spacial score (nSPS) is 11.2. The van der Waals surface area contributed by atoms with E-state index < -0.39 is 0 Å². The largest absolute Gasteiger partial charge is 0.396 e. The van der Waals surface area contributed by atoms with Crippen molar-refractivity contribution in [3.05, 3.63) is 47.3 Å². The van der Waals surface area contributed by atoms with Crippen molar-refractivity contribution in [3.8, 4) is 11.3 Å². The minimum Gasteiger partial charge on any atom is -0.396 e. The van der Waals surface area contributed by atoms with Gasteiger partial charge >= 0.3 is 0 Å². The van der Waals surface area contributed by atoms with E-state index in [0.717, 1.165) is 33.4 Å². The summed E-state index contributed by atoms with van der Waals surface area (Å²) < 4.78 is 1.86.